The minimum atomic E-state index is -0.484. The largest absolute Gasteiger partial charge is 0.481 e. The maximum absolute atomic E-state index is 12.3. The summed E-state index contributed by atoms with van der Waals surface area (Å²) in [7, 11) is 0. The highest BCUT2D eigenvalue weighted by Crippen LogP contribution is 2.27. The van der Waals surface area contributed by atoms with Crippen molar-refractivity contribution in [1.29, 1.82) is 0 Å². The number of hydrogen-bond acceptors (Lipinski definition) is 3. The Morgan fingerprint density at radius 3 is 2.81 bits per heavy atom. The fourth-order valence-electron chi connectivity index (χ4n) is 2.51. The number of rotatable bonds is 6. The van der Waals surface area contributed by atoms with Gasteiger partial charge in [0.25, 0.3) is 5.91 Å². The molecule has 5 heteroatoms. The molecule has 21 heavy (non-hydrogen) atoms. The minimum Gasteiger partial charge on any atom is -0.481 e. The maximum Gasteiger partial charge on any atom is 0.263 e. The molecule has 1 aromatic carbocycles. The van der Waals surface area contributed by atoms with E-state index in [0.717, 1.165) is 38.0 Å². The lowest BCUT2D eigenvalue weighted by molar-refractivity contribution is -0.136. The lowest BCUT2D eigenvalue weighted by Crippen LogP contribution is -2.38. The van der Waals surface area contributed by atoms with E-state index in [1.165, 1.54) is 0 Å². The zero-order valence-corrected chi connectivity index (χ0v) is 13.4. The van der Waals surface area contributed by atoms with E-state index in [0.29, 0.717) is 17.3 Å². The smallest absolute Gasteiger partial charge is 0.263 e. The van der Waals surface area contributed by atoms with E-state index in [-0.39, 0.29) is 5.91 Å². The van der Waals surface area contributed by atoms with Crippen LogP contribution in [0.3, 0.4) is 0 Å². The number of amides is 1. The van der Waals surface area contributed by atoms with Crippen molar-refractivity contribution in [1.82, 2.24) is 10.2 Å². The molecule has 1 heterocycles. The number of nitrogens with zero attached hydrogens (tertiary/aromatic N) is 1. The second-order valence-electron chi connectivity index (χ2n) is 5.29. The van der Waals surface area contributed by atoms with Crippen LogP contribution in [0.1, 0.15) is 32.3 Å². The van der Waals surface area contributed by atoms with Gasteiger partial charge in [0.1, 0.15) is 5.75 Å². The van der Waals surface area contributed by atoms with Gasteiger partial charge in [-0.2, -0.15) is 0 Å². The van der Waals surface area contributed by atoms with Crippen molar-refractivity contribution < 1.29 is 9.53 Å². The molecule has 4 nitrogen and oxygen atoms in total. The molecule has 0 saturated carbocycles. The third-order valence-electron chi connectivity index (χ3n) is 3.70. The summed E-state index contributed by atoms with van der Waals surface area (Å²) in [5, 5.41) is 3.90. The van der Waals surface area contributed by atoms with E-state index in [1.807, 2.05) is 30.0 Å². The molecule has 0 aromatic heterocycles. The van der Waals surface area contributed by atoms with Crippen LogP contribution in [0, 0.1) is 0 Å². The molecule has 2 rings (SSSR count). The number of carbonyl (C=O) groups excluding carboxylic acids is 1. The van der Waals surface area contributed by atoms with Crippen LogP contribution in [-0.2, 0) is 11.3 Å². The van der Waals surface area contributed by atoms with Gasteiger partial charge in [-0.25, -0.2) is 0 Å². The lowest BCUT2D eigenvalue weighted by atomic mass is 10.2. The van der Waals surface area contributed by atoms with E-state index in [1.54, 1.807) is 6.92 Å². The van der Waals surface area contributed by atoms with Gasteiger partial charge in [-0.15, -0.1) is 0 Å². The number of likely N-dealkylation sites (tertiary alicyclic amines) is 1. The Bertz CT molecular complexity index is 487. The van der Waals surface area contributed by atoms with E-state index in [4.69, 9.17) is 16.3 Å². The van der Waals surface area contributed by atoms with E-state index < -0.39 is 6.10 Å². The summed E-state index contributed by atoms with van der Waals surface area (Å²) >= 11 is 6.24. The van der Waals surface area contributed by atoms with Gasteiger partial charge in [0, 0.05) is 30.2 Å². The minimum absolute atomic E-state index is 0.0573. The highest BCUT2D eigenvalue weighted by Gasteiger charge is 2.25. The first-order chi connectivity index (χ1) is 10.1. The van der Waals surface area contributed by atoms with Crippen molar-refractivity contribution in [3.63, 3.8) is 0 Å². The predicted octanol–water partition coefficient (Wildman–Crippen LogP) is 2.84. The third-order valence-corrected chi connectivity index (χ3v) is 4.05. The van der Waals surface area contributed by atoms with Crippen LogP contribution in [0.25, 0.3) is 0 Å². The normalized spacial score (nSPS) is 16.0. The van der Waals surface area contributed by atoms with Gasteiger partial charge in [-0.05, 0) is 38.4 Å². The second-order valence-corrected chi connectivity index (χ2v) is 5.70. The first kappa shape index (κ1) is 16.1. The van der Waals surface area contributed by atoms with Crippen molar-refractivity contribution in [2.75, 3.05) is 19.6 Å². The molecule has 0 radical (unpaired) electrons. The van der Waals surface area contributed by atoms with Crippen molar-refractivity contribution in [3.8, 4) is 5.75 Å². The zero-order chi connectivity index (χ0) is 15.2. The molecule has 1 atom stereocenters. The Hall–Kier alpha value is -1.26. The highest BCUT2D eigenvalue weighted by molar-refractivity contribution is 6.31. The molecule has 1 aromatic rings. The number of carbonyl (C=O) groups is 1. The van der Waals surface area contributed by atoms with Crippen molar-refractivity contribution in [2.45, 2.75) is 39.3 Å². The van der Waals surface area contributed by atoms with Crippen molar-refractivity contribution >= 4 is 17.5 Å². The predicted molar refractivity (Wildman–Crippen MR) is 84.7 cm³/mol. The Morgan fingerprint density at radius 2 is 2.14 bits per heavy atom. The van der Waals surface area contributed by atoms with Gasteiger partial charge in [0.15, 0.2) is 6.10 Å². The summed E-state index contributed by atoms with van der Waals surface area (Å²) < 4.78 is 5.88. The fraction of sp³-hybridized carbons (Fsp3) is 0.562. The van der Waals surface area contributed by atoms with Crippen molar-refractivity contribution in [3.05, 3.63) is 28.8 Å². The standard InChI is InChI=1S/C16H23ClN2O2/c1-3-18-11-13-14(17)7-6-8-15(13)21-12(2)16(20)19-9-4-5-10-19/h6-8,12,18H,3-5,9-11H2,1-2H3. The monoisotopic (exact) mass is 310 g/mol. The third kappa shape index (κ3) is 4.11. The molecule has 1 amide bonds. The quantitative estimate of drug-likeness (QED) is 0.878. The first-order valence-corrected chi connectivity index (χ1v) is 7.94. The number of benzene rings is 1. The molecule has 1 fully saturated rings. The SMILES string of the molecule is CCNCc1c(Cl)cccc1OC(C)C(=O)N1CCCC1. The molecule has 116 valence electrons. The van der Waals surface area contributed by atoms with Gasteiger partial charge in [-0.3, -0.25) is 4.79 Å². The van der Waals surface area contributed by atoms with Crippen LogP contribution in [-0.4, -0.2) is 36.5 Å². The number of nitrogens with one attached hydrogen (secondary N) is 1. The molecular weight excluding hydrogens is 288 g/mol. The maximum atomic E-state index is 12.3. The summed E-state index contributed by atoms with van der Waals surface area (Å²) in [5.41, 5.74) is 0.905. The van der Waals surface area contributed by atoms with Gasteiger partial charge in [0.05, 0.1) is 0 Å². The molecule has 0 spiro atoms. The van der Waals surface area contributed by atoms with Crippen LogP contribution in [0.15, 0.2) is 18.2 Å². The number of halogens is 1. The Balaban J connectivity index is 2.07. The Kier molecular flexibility index (Phi) is 5.88. The number of ether oxygens (including phenoxy) is 1. The molecule has 0 aliphatic carbocycles. The van der Waals surface area contributed by atoms with Crippen LogP contribution in [0.4, 0.5) is 0 Å². The fourth-order valence-corrected chi connectivity index (χ4v) is 2.74. The molecule has 1 unspecified atom stereocenters. The highest BCUT2D eigenvalue weighted by atomic mass is 35.5. The average molecular weight is 311 g/mol. The summed E-state index contributed by atoms with van der Waals surface area (Å²) in [6, 6.07) is 5.56. The molecule has 1 N–H and O–H groups in total. The lowest BCUT2D eigenvalue weighted by Gasteiger charge is -2.22. The molecule has 1 aliphatic heterocycles. The van der Waals surface area contributed by atoms with Gasteiger partial charge in [0.2, 0.25) is 0 Å². The summed E-state index contributed by atoms with van der Waals surface area (Å²) in [6.07, 6.45) is 1.68. The first-order valence-electron chi connectivity index (χ1n) is 7.57. The average Bonchev–Trinajstić information content (AvgIpc) is 3.00. The molecular formula is C16H23ClN2O2. The van der Waals surface area contributed by atoms with Crippen LogP contribution in [0.2, 0.25) is 5.02 Å². The van der Waals surface area contributed by atoms with Crippen LogP contribution >= 0.6 is 11.6 Å². The molecule has 1 saturated heterocycles. The van der Waals surface area contributed by atoms with E-state index in [9.17, 15) is 4.79 Å². The Labute approximate surface area is 131 Å². The van der Waals surface area contributed by atoms with Gasteiger partial charge < -0.3 is 15.0 Å². The van der Waals surface area contributed by atoms with Crippen LogP contribution < -0.4 is 10.1 Å². The van der Waals surface area contributed by atoms with Gasteiger partial charge in [-0.1, -0.05) is 24.6 Å². The number of hydrogen-bond donors (Lipinski definition) is 1. The molecule has 1 aliphatic rings. The second kappa shape index (κ2) is 7.66. The zero-order valence-electron chi connectivity index (χ0n) is 12.7. The molecule has 0 bridgehead atoms. The van der Waals surface area contributed by atoms with Crippen LogP contribution in [0.5, 0.6) is 5.75 Å². The topological polar surface area (TPSA) is 41.6 Å². The van der Waals surface area contributed by atoms with E-state index in [2.05, 4.69) is 5.32 Å². The Morgan fingerprint density at radius 1 is 1.43 bits per heavy atom. The van der Waals surface area contributed by atoms with Crippen molar-refractivity contribution in [2.24, 2.45) is 0 Å². The van der Waals surface area contributed by atoms with E-state index >= 15 is 0 Å². The summed E-state index contributed by atoms with van der Waals surface area (Å²) in [4.78, 5) is 14.2. The summed E-state index contributed by atoms with van der Waals surface area (Å²) in [6.45, 7) is 7.01. The van der Waals surface area contributed by atoms with Gasteiger partial charge >= 0.3 is 0 Å². The summed E-state index contributed by atoms with van der Waals surface area (Å²) in [5.74, 6) is 0.741.